The third-order valence-corrected chi connectivity index (χ3v) is 4.05. The second kappa shape index (κ2) is 6.27. The summed E-state index contributed by atoms with van der Waals surface area (Å²) < 4.78 is 7.34. The van der Waals surface area contributed by atoms with Gasteiger partial charge < -0.3 is 14.2 Å². The average molecular weight is 300 g/mol. The molecule has 1 atom stereocenters. The van der Waals surface area contributed by atoms with Crippen molar-refractivity contribution in [3.8, 4) is 0 Å². The zero-order chi connectivity index (χ0) is 15.5. The van der Waals surface area contributed by atoms with E-state index in [1.54, 1.807) is 13.3 Å². The Morgan fingerprint density at radius 3 is 2.95 bits per heavy atom. The maximum absolute atomic E-state index is 12.5. The van der Waals surface area contributed by atoms with Gasteiger partial charge in [0, 0.05) is 32.1 Å². The molecule has 0 unspecified atom stereocenters. The quantitative estimate of drug-likeness (QED) is 0.860. The van der Waals surface area contributed by atoms with E-state index in [0.29, 0.717) is 19.6 Å². The molecule has 0 spiro atoms. The lowest BCUT2D eigenvalue weighted by molar-refractivity contribution is -0.133. The summed E-state index contributed by atoms with van der Waals surface area (Å²) in [6, 6.07) is 5.60. The van der Waals surface area contributed by atoms with Gasteiger partial charge in [-0.15, -0.1) is 0 Å². The second-order valence-corrected chi connectivity index (χ2v) is 5.45. The maximum atomic E-state index is 12.5. The van der Waals surface area contributed by atoms with Crippen molar-refractivity contribution < 1.29 is 9.53 Å². The number of rotatable bonds is 4. The lowest BCUT2D eigenvalue weighted by atomic mass is 10.1. The molecule has 2 aromatic rings. The van der Waals surface area contributed by atoms with Gasteiger partial charge in [-0.05, 0) is 19.1 Å². The number of hydrogen-bond donors (Lipinski definition) is 0. The van der Waals surface area contributed by atoms with Crippen LogP contribution >= 0.6 is 0 Å². The van der Waals surface area contributed by atoms with Gasteiger partial charge in [-0.1, -0.05) is 6.07 Å². The predicted octanol–water partition coefficient (Wildman–Crippen LogP) is 1.57. The number of carbonyl (C=O) groups excluding carboxylic acids is 1. The maximum Gasteiger partial charge on any atom is 0.229 e. The Morgan fingerprint density at radius 2 is 2.23 bits per heavy atom. The fraction of sp³-hybridized carbons (Fsp3) is 0.438. The summed E-state index contributed by atoms with van der Waals surface area (Å²) >= 11 is 0. The number of fused-ring (bicyclic) bond motifs is 1. The van der Waals surface area contributed by atoms with Crippen LogP contribution in [0.1, 0.15) is 30.2 Å². The molecule has 0 aromatic carbocycles. The standard InChI is InChI=1S/C16H20N4O2/c1-12-16-18-10-14(11-22-2)20(16)8-7-19(12)15(21)9-13-5-3-4-6-17-13/h3-6,10,12H,7-9,11H2,1-2H3/t12-/m0/s1. The molecule has 2 aromatic heterocycles. The average Bonchev–Trinajstić information content (AvgIpc) is 2.93. The van der Waals surface area contributed by atoms with Gasteiger partial charge in [-0.3, -0.25) is 9.78 Å². The number of carbonyl (C=O) groups is 1. The summed E-state index contributed by atoms with van der Waals surface area (Å²) in [6.07, 6.45) is 3.88. The van der Waals surface area contributed by atoms with E-state index in [1.165, 1.54) is 0 Å². The highest BCUT2D eigenvalue weighted by Gasteiger charge is 2.30. The number of nitrogens with zero attached hydrogens (tertiary/aromatic N) is 4. The summed E-state index contributed by atoms with van der Waals surface area (Å²) in [5.41, 5.74) is 1.86. The van der Waals surface area contributed by atoms with Crippen molar-refractivity contribution in [2.45, 2.75) is 32.5 Å². The third-order valence-electron chi connectivity index (χ3n) is 4.05. The van der Waals surface area contributed by atoms with Crippen LogP contribution in [-0.4, -0.2) is 39.0 Å². The summed E-state index contributed by atoms with van der Waals surface area (Å²) in [7, 11) is 1.68. The minimum absolute atomic E-state index is 0.0319. The van der Waals surface area contributed by atoms with Crippen molar-refractivity contribution >= 4 is 5.91 Å². The molecule has 3 heterocycles. The minimum Gasteiger partial charge on any atom is -0.378 e. The van der Waals surface area contributed by atoms with Crippen LogP contribution in [0.25, 0.3) is 0 Å². The van der Waals surface area contributed by atoms with Crippen molar-refractivity contribution in [3.05, 3.63) is 47.8 Å². The van der Waals surface area contributed by atoms with Crippen molar-refractivity contribution in [2.24, 2.45) is 0 Å². The number of aromatic nitrogens is 3. The Morgan fingerprint density at radius 1 is 1.36 bits per heavy atom. The summed E-state index contributed by atoms with van der Waals surface area (Å²) in [6.45, 7) is 4.01. The van der Waals surface area contributed by atoms with E-state index in [2.05, 4.69) is 14.5 Å². The molecule has 6 nitrogen and oxygen atoms in total. The molecule has 0 bridgehead atoms. The summed E-state index contributed by atoms with van der Waals surface area (Å²) in [5, 5.41) is 0. The highest BCUT2D eigenvalue weighted by atomic mass is 16.5. The van der Waals surface area contributed by atoms with Crippen molar-refractivity contribution in [2.75, 3.05) is 13.7 Å². The largest absolute Gasteiger partial charge is 0.378 e. The second-order valence-electron chi connectivity index (χ2n) is 5.45. The number of amides is 1. The molecule has 3 rings (SSSR count). The molecule has 1 aliphatic rings. The summed E-state index contributed by atoms with van der Waals surface area (Å²) in [4.78, 5) is 23.1. The first kappa shape index (κ1) is 14.7. The Balaban J connectivity index is 1.75. The fourth-order valence-electron chi connectivity index (χ4n) is 2.92. The highest BCUT2D eigenvalue weighted by Crippen LogP contribution is 2.26. The SMILES string of the molecule is COCc1cnc2n1CCN(C(=O)Cc1ccccn1)[C@H]2C. The van der Waals surface area contributed by atoms with Gasteiger partial charge in [0.1, 0.15) is 5.82 Å². The number of ether oxygens (including phenoxy) is 1. The normalized spacial score (nSPS) is 17.4. The van der Waals surface area contributed by atoms with Gasteiger partial charge in [0.25, 0.3) is 0 Å². The Hall–Kier alpha value is -2.21. The highest BCUT2D eigenvalue weighted by molar-refractivity contribution is 5.78. The van der Waals surface area contributed by atoms with E-state index in [9.17, 15) is 4.79 Å². The van der Waals surface area contributed by atoms with Crippen molar-refractivity contribution in [1.29, 1.82) is 0 Å². The monoisotopic (exact) mass is 300 g/mol. The lowest BCUT2D eigenvalue weighted by Crippen LogP contribution is -2.42. The molecule has 0 fully saturated rings. The molecule has 0 aliphatic carbocycles. The molecule has 6 heteroatoms. The van der Waals surface area contributed by atoms with E-state index in [4.69, 9.17) is 4.74 Å². The van der Waals surface area contributed by atoms with Crippen LogP contribution in [0.15, 0.2) is 30.6 Å². The van der Waals surface area contributed by atoms with E-state index >= 15 is 0 Å². The van der Waals surface area contributed by atoms with Crippen LogP contribution in [0.4, 0.5) is 0 Å². The topological polar surface area (TPSA) is 60.2 Å². The van der Waals surface area contributed by atoms with E-state index in [0.717, 1.165) is 23.8 Å². The molecule has 1 aliphatic heterocycles. The fourth-order valence-corrected chi connectivity index (χ4v) is 2.92. The van der Waals surface area contributed by atoms with Crippen LogP contribution in [0, 0.1) is 0 Å². The van der Waals surface area contributed by atoms with Gasteiger partial charge in [0.05, 0.1) is 31.0 Å². The molecule has 0 saturated heterocycles. The van der Waals surface area contributed by atoms with Gasteiger partial charge in [-0.2, -0.15) is 0 Å². The Labute approximate surface area is 129 Å². The van der Waals surface area contributed by atoms with E-state index < -0.39 is 0 Å². The van der Waals surface area contributed by atoms with Gasteiger partial charge in [0.15, 0.2) is 0 Å². The molecule has 22 heavy (non-hydrogen) atoms. The zero-order valence-corrected chi connectivity index (χ0v) is 12.9. The first-order valence-electron chi connectivity index (χ1n) is 7.43. The van der Waals surface area contributed by atoms with Crippen LogP contribution in [0.2, 0.25) is 0 Å². The minimum atomic E-state index is -0.0319. The number of hydrogen-bond acceptors (Lipinski definition) is 4. The van der Waals surface area contributed by atoms with E-state index in [-0.39, 0.29) is 11.9 Å². The summed E-state index contributed by atoms with van der Waals surface area (Å²) in [5.74, 6) is 1.02. The Kier molecular flexibility index (Phi) is 4.20. The van der Waals surface area contributed by atoms with Crippen LogP contribution in [0.3, 0.4) is 0 Å². The van der Waals surface area contributed by atoms with E-state index in [1.807, 2.05) is 36.2 Å². The molecular weight excluding hydrogens is 280 g/mol. The van der Waals surface area contributed by atoms with Crippen LogP contribution < -0.4 is 0 Å². The molecule has 116 valence electrons. The first-order valence-corrected chi connectivity index (χ1v) is 7.43. The molecule has 0 radical (unpaired) electrons. The van der Waals surface area contributed by atoms with Crippen molar-refractivity contribution in [3.63, 3.8) is 0 Å². The van der Waals surface area contributed by atoms with Crippen LogP contribution in [-0.2, 0) is 29.1 Å². The molecule has 1 amide bonds. The van der Waals surface area contributed by atoms with Crippen molar-refractivity contribution in [1.82, 2.24) is 19.4 Å². The third kappa shape index (κ3) is 2.74. The smallest absolute Gasteiger partial charge is 0.229 e. The molecule has 0 N–H and O–H groups in total. The molecule has 0 saturated carbocycles. The lowest BCUT2D eigenvalue weighted by Gasteiger charge is -2.34. The molecular formula is C16H20N4O2. The zero-order valence-electron chi connectivity index (χ0n) is 12.9. The van der Waals surface area contributed by atoms with Gasteiger partial charge in [-0.25, -0.2) is 4.98 Å². The van der Waals surface area contributed by atoms with Crippen LogP contribution in [0.5, 0.6) is 0 Å². The number of pyridine rings is 1. The number of imidazole rings is 1. The predicted molar refractivity (Wildman–Crippen MR) is 81.0 cm³/mol. The van der Waals surface area contributed by atoms with Gasteiger partial charge in [0.2, 0.25) is 5.91 Å². The first-order chi connectivity index (χ1) is 10.7. The van der Waals surface area contributed by atoms with Gasteiger partial charge >= 0.3 is 0 Å². The number of methoxy groups -OCH3 is 1. The Bertz CT molecular complexity index is 653.